The predicted octanol–water partition coefficient (Wildman–Crippen LogP) is 2.15. The largest absolute Gasteiger partial charge is 0.376 e. The molecule has 5 nitrogen and oxygen atoms in total. The molecule has 1 aromatic heterocycles. The van der Waals surface area contributed by atoms with E-state index in [4.69, 9.17) is 4.74 Å². The van der Waals surface area contributed by atoms with Gasteiger partial charge in [-0.05, 0) is 53.8 Å². The fourth-order valence-corrected chi connectivity index (χ4v) is 3.69. The van der Waals surface area contributed by atoms with Crippen LogP contribution in [0.4, 0.5) is 0 Å². The number of pyridine rings is 1. The molecule has 136 valence electrons. The lowest BCUT2D eigenvalue weighted by Gasteiger charge is -2.35. The van der Waals surface area contributed by atoms with Crippen LogP contribution >= 0.6 is 0 Å². The van der Waals surface area contributed by atoms with Crippen molar-refractivity contribution >= 4 is 5.91 Å². The molecule has 0 N–H and O–H groups in total. The van der Waals surface area contributed by atoms with Gasteiger partial charge in [-0.15, -0.1) is 0 Å². The van der Waals surface area contributed by atoms with Gasteiger partial charge in [0.25, 0.3) is 5.91 Å². The van der Waals surface area contributed by atoms with E-state index in [0.717, 1.165) is 57.7 Å². The Morgan fingerprint density at radius 1 is 1.04 bits per heavy atom. The third kappa shape index (κ3) is 3.94. The first-order valence-electron chi connectivity index (χ1n) is 9.40. The molecule has 1 amide bonds. The van der Waals surface area contributed by atoms with Crippen molar-refractivity contribution in [1.82, 2.24) is 14.8 Å². The smallest absolute Gasteiger partial charge is 0.253 e. The number of carbonyl (C=O) groups excluding carboxylic acids is 1. The van der Waals surface area contributed by atoms with Crippen LogP contribution in [0, 0.1) is 0 Å². The Labute approximate surface area is 154 Å². The molecule has 0 unspecified atom stereocenters. The number of benzene rings is 1. The zero-order valence-corrected chi connectivity index (χ0v) is 15.1. The molecule has 1 fully saturated rings. The second-order valence-corrected chi connectivity index (χ2v) is 7.03. The van der Waals surface area contributed by atoms with Gasteiger partial charge < -0.3 is 9.64 Å². The van der Waals surface area contributed by atoms with Gasteiger partial charge in [-0.3, -0.25) is 14.7 Å². The Morgan fingerprint density at radius 2 is 1.85 bits per heavy atom. The number of aromatic nitrogens is 1. The summed E-state index contributed by atoms with van der Waals surface area (Å²) < 4.78 is 5.47. The van der Waals surface area contributed by atoms with Crippen LogP contribution in [0.25, 0.3) is 0 Å². The van der Waals surface area contributed by atoms with Crippen molar-refractivity contribution in [3.63, 3.8) is 0 Å². The molecule has 3 heterocycles. The highest BCUT2D eigenvalue weighted by atomic mass is 16.5. The first-order valence-corrected chi connectivity index (χ1v) is 9.40. The number of piperazine rings is 1. The van der Waals surface area contributed by atoms with E-state index in [9.17, 15) is 4.79 Å². The van der Waals surface area contributed by atoms with Crippen LogP contribution in [0.2, 0.25) is 0 Å². The first kappa shape index (κ1) is 17.2. The lowest BCUT2D eigenvalue weighted by Crippen LogP contribution is -2.49. The Kier molecular flexibility index (Phi) is 5.27. The highest BCUT2D eigenvalue weighted by Gasteiger charge is 2.23. The maximum atomic E-state index is 12.8. The minimum absolute atomic E-state index is 0.160. The summed E-state index contributed by atoms with van der Waals surface area (Å²) in [6.45, 7) is 5.93. The number of carbonyl (C=O) groups is 1. The molecule has 2 aliphatic rings. The zero-order chi connectivity index (χ0) is 17.8. The van der Waals surface area contributed by atoms with Crippen molar-refractivity contribution in [2.75, 3.05) is 39.3 Å². The maximum Gasteiger partial charge on any atom is 0.253 e. The molecule has 0 atom stereocenters. The average molecular weight is 351 g/mol. The molecule has 1 saturated heterocycles. The number of nitrogens with zero attached hydrogens (tertiary/aromatic N) is 3. The lowest BCUT2D eigenvalue weighted by atomic mass is 9.99. The molecular weight excluding hydrogens is 326 g/mol. The van der Waals surface area contributed by atoms with Gasteiger partial charge in [-0.1, -0.05) is 6.07 Å². The monoisotopic (exact) mass is 351 g/mol. The van der Waals surface area contributed by atoms with Gasteiger partial charge in [0.2, 0.25) is 0 Å². The second-order valence-electron chi connectivity index (χ2n) is 7.03. The molecular formula is C21H25N3O2. The molecule has 1 aromatic carbocycles. The third-order valence-electron chi connectivity index (χ3n) is 5.35. The maximum absolute atomic E-state index is 12.8. The van der Waals surface area contributed by atoms with E-state index in [2.05, 4.69) is 28.1 Å². The molecule has 0 saturated carbocycles. The van der Waals surface area contributed by atoms with Gasteiger partial charge in [0.15, 0.2) is 0 Å². The standard InChI is InChI=1S/C21H25N3O2/c25-21(19-1-2-20-16-26-14-6-18(20)15-19)24-12-10-23(11-13-24)9-5-17-3-7-22-8-4-17/h1-4,7-8,15H,5-6,9-14,16H2. The molecule has 0 bridgehead atoms. The van der Waals surface area contributed by atoms with Crippen LogP contribution in [-0.2, 0) is 24.2 Å². The Bertz CT molecular complexity index is 755. The van der Waals surface area contributed by atoms with Gasteiger partial charge in [0.1, 0.15) is 0 Å². The van der Waals surface area contributed by atoms with Crippen LogP contribution in [0.5, 0.6) is 0 Å². The number of fused-ring (bicyclic) bond motifs is 1. The third-order valence-corrected chi connectivity index (χ3v) is 5.35. The second kappa shape index (κ2) is 7.98. The quantitative estimate of drug-likeness (QED) is 0.847. The number of hydrogen-bond donors (Lipinski definition) is 0. The van der Waals surface area contributed by atoms with E-state index in [1.54, 1.807) is 0 Å². The van der Waals surface area contributed by atoms with Crippen LogP contribution in [-0.4, -0.2) is 60.0 Å². The number of amides is 1. The van der Waals surface area contributed by atoms with Crippen molar-refractivity contribution in [1.29, 1.82) is 0 Å². The van der Waals surface area contributed by atoms with E-state index < -0.39 is 0 Å². The minimum Gasteiger partial charge on any atom is -0.376 e. The highest BCUT2D eigenvalue weighted by molar-refractivity contribution is 5.94. The van der Waals surface area contributed by atoms with Gasteiger partial charge in [-0.25, -0.2) is 0 Å². The number of rotatable bonds is 4. The molecule has 2 aromatic rings. The highest BCUT2D eigenvalue weighted by Crippen LogP contribution is 2.20. The molecule has 0 radical (unpaired) electrons. The Morgan fingerprint density at radius 3 is 2.65 bits per heavy atom. The predicted molar refractivity (Wildman–Crippen MR) is 100 cm³/mol. The Balaban J connectivity index is 1.31. The Hall–Kier alpha value is -2.24. The number of ether oxygens (including phenoxy) is 1. The first-order chi connectivity index (χ1) is 12.8. The van der Waals surface area contributed by atoms with Crippen LogP contribution in [0.15, 0.2) is 42.7 Å². The lowest BCUT2D eigenvalue weighted by molar-refractivity contribution is 0.0637. The van der Waals surface area contributed by atoms with Crippen molar-refractivity contribution in [2.45, 2.75) is 19.4 Å². The van der Waals surface area contributed by atoms with E-state index in [0.29, 0.717) is 6.61 Å². The van der Waals surface area contributed by atoms with E-state index in [1.807, 2.05) is 29.4 Å². The van der Waals surface area contributed by atoms with Crippen molar-refractivity contribution < 1.29 is 9.53 Å². The summed E-state index contributed by atoms with van der Waals surface area (Å²) in [4.78, 5) is 21.3. The average Bonchev–Trinajstić information content (AvgIpc) is 2.72. The van der Waals surface area contributed by atoms with E-state index in [1.165, 1.54) is 16.7 Å². The SMILES string of the molecule is O=C(c1ccc2c(c1)CCOC2)N1CCN(CCc2ccncc2)CC1. The van der Waals surface area contributed by atoms with Gasteiger partial charge in [0.05, 0.1) is 13.2 Å². The summed E-state index contributed by atoms with van der Waals surface area (Å²) >= 11 is 0. The van der Waals surface area contributed by atoms with Crippen molar-refractivity contribution in [2.24, 2.45) is 0 Å². The topological polar surface area (TPSA) is 45.7 Å². The van der Waals surface area contributed by atoms with Crippen molar-refractivity contribution in [3.8, 4) is 0 Å². The minimum atomic E-state index is 0.160. The van der Waals surface area contributed by atoms with Crippen LogP contribution in [0.1, 0.15) is 27.0 Å². The molecule has 0 aliphatic carbocycles. The molecule has 5 heteroatoms. The van der Waals surface area contributed by atoms with Crippen LogP contribution in [0.3, 0.4) is 0 Å². The van der Waals surface area contributed by atoms with Gasteiger partial charge >= 0.3 is 0 Å². The van der Waals surface area contributed by atoms with E-state index in [-0.39, 0.29) is 5.91 Å². The fourth-order valence-electron chi connectivity index (χ4n) is 3.69. The zero-order valence-electron chi connectivity index (χ0n) is 15.1. The van der Waals surface area contributed by atoms with Gasteiger partial charge in [0, 0.05) is 50.7 Å². The van der Waals surface area contributed by atoms with Crippen molar-refractivity contribution in [3.05, 3.63) is 65.0 Å². The fraction of sp³-hybridized carbons (Fsp3) is 0.429. The summed E-state index contributed by atoms with van der Waals surface area (Å²) in [6, 6.07) is 10.2. The van der Waals surface area contributed by atoms with E-state index >= 15 is 0 Å². The summed E-state index contributed by atoms with van der Waals surface area (Å²) in [5, 5.41) is 0. The normalized spacial score (nSPS) is 17.8. The summed E-state index contributed by atoms with van der Waals surface area (Å²) in [5.41, 5.74) is 4.61. The number of hydrogen-bond acceptors (Lipinski definition) is 4. The van der Waals surface area contributed by atoms with Crippen LogP contribution < -0.4 is 0 Å². The molecule has 26 heavy (non-hydrogen) atoms. The summed E-state index contributed by atoms with van der Waals surface area (Å²) in [5.74, 6) is 0.160. The molecule has 2 aliphatic heterocycles. The molecule has 4 rings (SSSR count). The summed E-state index contributed by atoms with van der Waals surface area (Å²) in [7, 11) is 0. The van der Waals surface area contributed by atoms with Gasteiger partial charge in [-0.2, -0.15) is 0 Å². The summed E-state index contributed by atoms with van der Waals surface area (Å²) in [6.07, 6.45) is 5.62. The molecule has 0 spiro atoms.